The lowest BCUT2D eigenvalue weighted by Gasteiger charge is -2.27. The molecule has 1 amide bonds. The average molecular weight is 430 g/mol. The average Bonchev–Trinajstić information content (AvgIpc) is 2.85. The summed E-state index contributed by atoms with van der Waals surface area (Å²) in [5, 5.41) is 2.97. The minimum absolute atomic E-state index is 0.194. The number of aryl methyl sites for hydroxylation is 1. The van der Waals surface area contributed by atoms with Crippen LogP contribution >= 0.6 is 0 Å². The molecule has 0 radical (unpaired) electrons. The summed E-state index contributed by atoms with van der Waals surface area (Å²) in [7, 11) is 0. The number of hydrogen-bond donors (Lipinski definition) is 2. The van der Waals surface area contributed by atoms with Crippen LogP contribution in [0.4, 0.5) is 17.2 Å². The van der Waals surface area contributed by atoms with E-state index in [4.69, 9.17) is 10.5 Å². The van der Waals surface area contributed by atoms with Crippen LogP contribution in [0, 0.1) is 0 Å². The summed E-state index contributed by atoms with van der Waals surface area (Å²) in [6, 6.07) is 13.0. The molecule has 3 aromatic rings. The summed E-state index contributed by atoms with van der Waals surface area (Å²) >= 11 is 0. The van der Waals surface area contributed by atoms with E-state index in [9.17, 15) is 4.79 Å². The minimum atomic E-state index is -0.194. The van der Waals surface area contributed by atoms with Gasteiger partial charge in [-0.15, -0.1) is 0 Å². The van der Waals surface area contributed by atoms with Crippen LogP contribution in [0.1, 0.15) is 27.9 Å². The molecule has 2 aromatic heterocycles. The van der Waals surface area contributed by atoms with Crippen molar-refractivity contribution < 1.29 is 9.53 Å². The highest BCUT2D eigenvalue weighted by molar-refractivity contribution is 6.05. The lowest BCUT2D eigenvalue weighted by Crippen LogP contribution is -2.36. The van der Waals surface area contributed by atoms with Crippen LogP contribution < -0.4 is 16.0 Å². The topological polar surface area (TPSA) is 93.4 Å². The number of ether oxygens (including phenoxy) is 1. The lowest BCUT2D eigenvalue weighted by atomic mass is 9.98. The van der Waals surface area contributed by atoms with E-state index in [1.807, 2.05) is 24.3 Å². The first-order chi connectivity index (χ1) is 15.6. The molecule has 0 saturated carbocycles. The number of rotatable bonds is 7. The molecular weight excluding hydrogens is 402 g/mol. The van der Waals surface area contributed by atoms with Gasteiger partial charge in [0.2, 0.25) is 0 Å². The van der Waals surface area contributed by atoms with Gasteiger partial charge in [-0.3, -0.25) is 9.78 Å². The number of nitrogen functional groups attached to an aromatic ring is 1. The molecular formula is C25H27N5O2. The lowest BCUT2D eigenvalue weighted by molar-refractivity contribution is 0.102. The van der Waals surface area contributed by atoms with Crippen molar-refractivity contribution in [2.24, 2.45) is 0 Å². The fourth-order valence-corrected chi connectivity index (χ4v) is 3.65. The Labute approximate surface area is 187 Å². The Hall–Kier alpha value is -3.71. The largest absolute Gasteiger partial charge is 0.398 e. The number of amides is 1. The summed E-state index contributed by atoms with van der Waals surface area (Å²) in [5.41, 5.74) is 11.0. The molecule has 4 rings (SSSR count). The third-order valence-corrected chi connectivity index (χ3v) is 5.50. The molecule has 1 fully saturated rings. The third kappa shape index (κ3) is 5.31. The summed E-state index contributed by atoms with van der Waals surface area (Å²) in [6.45, 7) is 7.07. The monoisotopic (exact) mass is 429 g/mol. The maximum Gasteiger partial charge on any atom is 0.255 e. The first-order valence-electron chi connectivity index (χ1n) is 10.7. The van der Waals surface area contributed by atoms with Crippen LogP contribution in [-0.2, 0) is 11.2 Å². The zero-order valence-corrected chi connectivity index (χ0v) is 18.0. The number of aromatic nitrogens is 2. The van der Waals surface area contributed by atoms with Crippen LogP contribution in [0.2, 0.25) is 0 Å². The number of anilines is 3. The zero-order chi connectivity index (χ0) is 22.3. The van der Waals surface area contributed by atoms with Gasteiger partial charge in [0.25, 0.3) is 5.91 Å². The van der Waals surface area contributed by atoms with Crippen LogP contribution in [-0.4, -0.2) is 42.2 Å². The van der Waals surface area contributed by atoms with Crippen molar-refractivity contribution in [1.29, 1.82) is 0 Å². The van der Waals surface area contributed by atoms with Gasteiger partial charge < -0.3 is 20.7 Å². The van der Waals surface area contributed by atoms with Gasteiger partial charge in [0.05, 0.1) is 13.2 Å². The van der Waals surface area contributed by atoms with Gasteiger partial charge in [-0.05, 0) is 66.4 Å². The molecule has 1 aromatic carbocycles. The van der Waals surface area contributed by atoms with E-state index >= 15 is 0 Å². The van der Waals surface area contributed by atoms with Gasteiger partial charge in [-0.25, -0.2) is 4.98 Å². The van der Waals surface area contributed by atoms with Crippen molar-refractivity contribution >= 4 is 28.7 Å². The van der Waals surface area contributed by atoms with Gasteiger partial charge in [-0.1, -0.05) is 6.58 Å². The van der Waals surface area contributed by atoms with E-state index in [1.165, 1.54) is 5.56 Å². The van der Waals surface area contributed by atoms with Gasteiger partial charge in [0.15, 0.2) is 0 Å². The molecule has 0 aliphatic carbocycles. The molecule has 7 heteroatoms. The maximum absolute atomic E-state index is 12.9. The van der Waals surface area contributed by atoms with Crippen molar-refractivity contribution in [3.05, 3.63) is 84.3 Å². The minimum Gasteiger partial charge on any atom is -0.398 e. The third-order valence-electron chi connectivity index (χ3n) is 5.50. The number of nitrogens with one attached hydrogen (secondary N) is 1. The first kappa shape index (κ1) is 21.5. The predicted molar refractivity (Wildman–Crippen MR) is 128 cm³/mol. The van der Waals surface area contributed by atoms with Crippen molar-refractivity contribution in [3.8, 4) is 0 Å². The fourth-order valence-electron chi connectivity index (χ4n) is 3.65. The molecule has 164 valence electrons. The van der Waals surface area contributed by atoms with Gasteiger partial charge >= 0.3 is 0 Å². The quantitative estimate of drug-likeness (QED) is 0.555. The Balaban J connectivity index is 1.44. The molecule has 3 N–H and O–H groups in total. The first-order valence-corrected chi connectivity index (χ1v) is 10.7. The van der Waals surface area contributed by atoms with Crippen molar-refractivity contribution in [2.45, 2.75) is 12.8 Å². The van der Waals surface area contributed by atoms with Crippen molar-refractivity contribution in [3.63, 3.8) is 0 Å². The fraction of sp³-hybridized carbons (Fsp3) is 0.240. The summed E-state index contributed by atoms with van der Waals surface area (Å²) in [5.74, 6) is 0.587. The Kier molecular flexibility index (Phi) is 6.77. The normalized spacial score (nSPS) is 13.6. The second-order valence-electron chi connectivity index (χ2n) is 7.72. The molecule has 32 heavy (non-hydrogen) atoms. The number of benzene rings is 1. The molecule has 3 heterocycles. The van der Waals surface area contributed by atoms with Crippen LogP contribution in [0.25, 0.3) is 5.57 Å². The summed E-state index contributed by atoms with van der Waals surface area (Å²) in [6.07, 6.45) is 6.84. The Morgan fingerprint density at radius 3 is 2.66 bits per heavy atom. The highest BCUT2D eigenvalue weighted by Crippen LogP contribution is 2.28. The summed E-state index contributed by atoms with van der Waals surface area (Å²) < 4.78 is 5.39. The van der Waals surface area contributed by atoms with Crippen LogP contribution in [0.5, 0.6) is 0 Å². The molecule has 0 bridgehead atoms. The molecule has 0 atom stereocenters. The number of carbonyl (C=O) groups excluding carboxylic acids is 1. The molecule has 1 aliphatic heterocycles. The molecule has 1 saturated heterocycles. The second-order valence-corrected chi connectivity index (χ2v) is 7.72. The standard InChI is InChI=1S/C25H27N5O2/c1-18(2-3-19-6-9-27-10-7-19)22-17-21(4-5-23(22)26)29-25(31)20-8-11-28-24(16-20)30-12-14-32-15-13-30/h4-11,16-17H,1-3,12-15,26H2,(H,29,31). The highest BCUT2D eigenvalue weighted by Gasteiger charge is 2.15. The van der Waals surface area contributed by atoms with Gasteiger partial charge in [0, 0.05) is 54.2 Å². The number of hydrogen-bond acceptors (Lipinski definition) is 6. The SMILES string of the molecule is C=C(CCc1ccncc1)c1cc(NC(=O)c2ccnc(N3CCOCC3)c2)ccc1N. The molecule has 0 unspecified atom stereocenters. The zero-order valence-electron chi connectivity index (χ0n) is 18.0. The number of pyridine rings is 2. The van der Waals surface area contributed by atoms with E-state index in [0.29, 0.717) is 30.2 Å². The Morgan fingerprint density at radius 2 is 1.88 bits per heavy atom. The number of carbonyl (C=O) groups is 1. The maximum atomic E-state index is 12.9. The predicted octanol–water partition coefficient (Wildman–Crippen LogP) is 3.79. The number of morpholine rings is 1. The van der Waals surface area contributed by atoms with E-state index in [1.54, 1.807) is 36.8 Å². The van der Waals surface area contributed by atoms with Gasteiger partial charge in [0.1, 0.15) is 5.82 Å². The Bertz CT molecular complexity index is 1090. The smallest absolute Gasteiger partial charge is 0.255 e. The number of nitrogens with two attached hydrogens (primary N) is 1. The van der Waals surface area contributed by atoms with E-state index in [2.05, 4.69) is 26.8 Å². The second kappa shape index (κ2) is 10.1. The molecule has 1 aliphatic rings. The summed E-state index contributed by atoms with van der Waals surface area (Å²) in [4.78, 5) is 23.5. The van der Waals surface area contributed by atoms with Crippen LogP contribution in [0.15, 0.2) is 67.6 Å². The number of allylic oxidation sites excluding steroid dienone is 1. The number of nitrogens with zero attached hydrogens (tertiary/aromatic N) is 3. The van der Waals surface area contributed by atoms with E-state index in [0.717, 1.165) is 42.9 Å². The van der Waals surface area contributed by atoms with Crippen molar-refractivity contribution in [2.75, 3.05) is 42.3 Å². The van der Waals surface area contributed by atoms with Gasteiger partial charge in [-0.2, -0.15) is 0 Å². The van der Waals surface area contributed by atoms with E-state index < -0.39 is 0 Å². The van der Waals surface area contributed by atoms with Crippen molar-refractivity contribution in [1.82, 2.24) is 9.97 Å². The molecule has 0 spiro atoms. The van der Waals surface area contributed by atoms with Crippen LogP contribution in [0.3, 0.4) is 0 Å². The molecule has 7 nitrogen and oxygen atoms in total. The van der Waals surface area contributed by atoms with E-state index in [-0.39, 0.29) is 5.91 Å². The Morgan fingerprint density at radius 1 is 1.09 bits per heavy atom. The highest BCUT2D eigenvalue weighted by atomic mass is 16.5.